The van der Waals surface area contributed by atoms with Crippen LogP contribution in [-0.4, -0.2) is 33.9 Å². The highest BCUT2D eigenvalue weighted by Gasteiger charge is 2.27. The molecule has 2 aliphatic rings. The van der Waals surface area contributed by atoms with Crippen molar-refractivity contribution in [2.24, 2.45) is 0 Å². The SMILES string of the molecule is N#Cc1cc2c(c(Cl)c1OCCCl)CCCC2Nc1cnc2c(cnn2C2CCCCO2)c1. The molecule has 9 heteroatoms. The molecule has 33 heavy (non-hydrogen) atoms. The number of nitriles is 1. The Morgan fingerprint density at radius 3 is 2.94 bits per heavy atom. The summed E-state index contributed by atoms with van der Waals surface area (Å²) in [5, 5.41) is 19.3. The maximum atomic E-state index is 9.68. The molecule has 0 spiro atoms. The number of ether oxygens (including phenoxy) is 2. The van der Waals surface area contributed by atoms with Crippen molar-refractivity contribution in [3.63, 3.8) is 0 Å². The summed E-state index contributed by atoms with van der Waals surface area (Å²) < 4.78 is 13.5. The van der Waals surface area contributed by atoms with Crippen LogP contribution in [0.3, 0.4) is 0 Å². The van der Waals surface area contributed by atoms with E-state index in [1.165, 1.54) is 0 Å². The molecule has 2 unspecified atom stereocenters. The van der Waals surface area contributed by atoms with Gasteiger partial charge in [0.05, 0.1) is 40.6 Å². The van der Waals surface area contributed by atoms with Crippen LogP contribution in [0, 0.1) is 11.3 Å². The fourth-order valence-corrected chi connectivity index (χ4v) is 5.19. The van der Waals surface area contributed by atoms with Crippen LogP contribution in [0.4, 0.5) is 5.69 Å². The predicted octanol–water partition coefficient (Wildman–Crippen LogP) is 5.76. The molecule has 5 rings (SSSR count). The minimum atomic E-state index is -0.0467. The van der Waals surface area contributed by atoms with E-state index in [0.29, 0.717) is 28.8 Å². The van der Waals surface area contributed by atoms with Crippen molar-refractivity contribution in [3.05, 3.63) is 46.2 Å². The lowest BCUT2D eigenvalue weighted by Crippen LogP contribution is -2.20. The van der Waals surface area contributed by atoms with Crippen LogP contribution >= 0.6 is 23.2 Å². The molecule has 2 atom stereocenters. The standard InChI is InChI=1S/C24H25Cl2N5O2/c25-7-9-33-23-15(12-27)11-19-18(22(23)26)4-3-5-20(19)30-17-10-16-13-29-31(24(16)28-14-17)21-6-1-2-8-32-21/h10-11,13-14,20-21,30H,1-9H2. The van der Waals surface area contributed by atoms with Gasteiger partial charge in [-0.2, -0.15) is 10.4 Å². The van der Waals surface area contributed by atoms with E-state index in [-0.39, 0.29) is 12.3 Å². The van der Waals surface area contributed by atoms with E-state index in [1.54, 1.807) is 0 Å². The first-order valence-electron chi connectivity index (χ1n) is 11.3. The largest absolute Gasteiger partial charge is 0.489 e. The summed E-state index contributed by atoms with van der Waals surface area (Å²) in [6.07, 6.45) is 9.58. The Labute approximate surface area is 202 Å². The van der Waals surface area contributed by atoms with Gasteiger partial charge in [0.1, 0.15) is 12.7 Å². The fourth-order valence-electron chi connectivity index (χ4n) is 4.76. The lowest BCUT2D eigenvalue weighted by Gasteiger charge is -2.29. The molecule has 1 N–H and O–H groups in total. The average molecular weight is 486 g/mol. The number of hydrogen-bond acceptors (Lipinski definition) is 6. The number of aromatic nitrogens is 3. The number of hydrogen-bond donors (Lipinski definition) is 1. The van der Waals surface area contributed by atoms with Crippen molar-refractivity contribution in [1.82, 2.24) is 14.8 Å². The molecule has 1 aliphatic carbocycles. The van der Waals surface area contributed by atoms with E-state index in [4.69, 9.17) is 32.7 Å². The zero-order chi connectivity index (χ0) is 22.8. The number of nitrogens with zero attached hydrogens (tertiary/aromatic N) is 4. The summed E-state index contributed by atoms with van der Waals surface area (Å²) in [7, 11) is 0. The average Bonchev–Trinajstić information content (AvgIpc) is 3.27. The molecule has 2 aromatic heterocycles. The number of anilines is 1. The summed E-state index contributed by atoms with van der Waals surface area (Å²) in [4.78, 5) is 4.68. The number of rotatable bonds is 6. The first-order valence-corrected chi connectivity index (χ1v) is 12.3. The molecule has 1 aromatic carbocycles. The molecule has 0 bridgehead atoms. The Kier molecular flexibility index (Phi) is 6.59. The van der Waals surface area contributed by atoms with Crippen LogP contribution in [0.25, 0.3) is 11.0 Å². The van der Waals surface area contributed by atoms with Crippen LogP contribution in [0.1, 0.15) is 61.1 Å². The number of fused-ring (bicyclic) bond motifs is 2. The third-order valence-electron chi connectivity index (χ3n) is 6.30. The van der Waals surface area contributed by atoms with Crippen LogP contribution in [0.5, 0.6) is 5.75 Å². The number of alkyl halides is 1. The number of nitrogens with one attached hydrogen (secondary N) is 1. The van der Waals surface area contributed by atoms with Crippen LogP contribution < -0.4 is 10.1 Å². The Hall–Kier alpha value is -2.53. The second kappa shape index (κ2) is 9.76. The Balaban J connectivity index is 1.42. The van der Waals surface area contributed by atoms with Crippen LogP contribution in [-0.2, 0) is 11.2 Å². The van der Waals surface area contributed by atoms with Gasteiger partial charge in [0.2, 0.25) is 0 Å². The van der Waals surface area contributed by atoms with Crippen molar-refractivity contribution < 1.29 is 9.47 Å². The van der Waals surface area contributed by atoms with E-state index in [1.807, 2.05) is 23.1 Å². The van der Waals surface area contributed by atoms with Gasteiger partial charge >= 0.3 is 0 Å². The highest BCUT2D eigenvalue weighted by Crippen LogP contribution is 2.42. The second-order valence-electron chi connectivity index (χ2n) is 8.42. The topological polar surface area (TPSA) is 85.0 Å². The minimum Gasteiger partial charge on any atom is -0.489 e. The van der Waals surface area contributed by atoms with E-state index in [2.05, 4.69) is 27.5 Å². The third-order valence-corrected chi connectivity index (χ3v) is 6.85. The molecular weight excluding hydrogens is 461 g/mol. The molecular formula is C24H25Cl2N5O2. The highest BCUT2D eigenvalue weighted by atomic mass is 35.5. The number of benzene rings is 1. The molecule has 0 saturated carbocycles. The molecule has 1 fully saturated rings. The quantitative estimate of drug-likeness (QED) is 0.446. The van der Waals surface area contributed by atoms with E-state index in [9.17, 15) is 5.26 Å². The Morgan fingerprint density at radius 2 is 2.15 bits per heavy atom. The Bertz CT molecular complexity index is 1200. The summed E-state index contributed by atoms with van der Waals surface area (Å²) in [5.41, 5.74) is 4.22. The summed E-state index contributed by atoms with van der Waals surface area (Å²) in [6, 6.07) is 6.20. The van der Waals surface area contributed by atoms with Gasteiger partial charge in [-0.15, -0.1) is 11.6 Å². The molecule has 0 amide bonds. The number of halogens is 2. The second-order valence-corrected chi connectivity index (χ2v) is 9.18. The van der Waals surface area contributed by atoms with Gasteiger partial charge in [-0.05, 0) is 61.8 Å². The van der Waals surface area contributed by atoms with Gasteiger partial charge in [-0.1, -0.05) is 11.6 Å². The molecule has 3 heterocycles. The van der Waals surface area contributed by atoms with Gasteiger partial charge < -0.3 is 14.8 Å². The maximum absolute atomic E-state index is 9.68. The zero-order valence-corrected chi connectivity index (χ0v) is 19.7. The number of pyridine rings is 1. The molecule has 0 radical (unpaired) electrons. The van der Waals surface area contributed by atoms with Crippen molar-refractivity contribution >= 4 is 39.9 Å². The first kappa shape index (κ1) is 22.3. The molecule has 1 aliphatic heterocycles. The molecule has 7 nitrogen and oxygen atoms in total. The van der Waals surface area contributed by atoms with E-state index >= 15 is 0 Å². The fraction of sp³-hybridized carbons (Fsp3) is 0.458. The van der Waals surface area contributed by atoms with Gasteiger partial charge in [-0.25, -0.2) is 9.67 Å². The molecule has 172 valence electrons. The van der Waals surface area contributed by atoms with Gasteiger partial charge in [-0.3, -0.25) is 0 Å². The monoisotopic (exact) mass is 485 g/mol. The van der Waals surface area contributed by atoms with Crippen LogP contribution in [0.2, 0.25) is 5.02 Å². The normalized spacial score (nSPS) is 20.3. The van der Waals surface area contributed by atoms with Crippen molar-refractivity contribution in [1.29, 1.82) is 5.26 Å². The van der Waals surface area contributed by atoms with E-state index in [0.717, 1.165) is 73.0 Å². The molecule has 1 saturated heterocycles. The van der Waals surface area contributed by atoms with Crippen molar-refractivity contribution in [2.45, 2.75) is 50.8 Å². The lowest BCUT2D eigenvalue weighted by molar-refractivity contribution is -0.0370. The van der Waals surface area contributed by atoms with E-state index < -0.39 is 0 Å². The van der Waals surface area contributed by atoms with Gasteiger partial charge in [0, 0.05) is 12.0 Å². The first-order chi connectivity index (χ1) is 16.2. The smallest absolute Gasteiger partial charge is 0.160 e. The summed E-state index contributed by atoms with van der Waals surface area (Å²) in [5.74, 6) is 0.765. The van der Waals surface area contributed by atoms with Crippen LogP contribution in [0.15, 0.2) is 24.5 Å². The van der Waals surface area contributed by atoms with Crippen molar-refractivity contribution in [3.8, 4) is 11.8 Å². The maximum Gasteiger partial charge on any atom is 0.160 e. The van der Waals surface area contributed by atoms with Gasteiger partial charge in [0.15, 0.2) is 17.6 Å². The predicted molar refractivity (Wildman–Crippen MR) is 128 cm³/mol. The minimum absolute atomic E-state index is 0.0244. The van der Waals surface area contributed by atoms with Gasteiger partial charge in [0.25, 0.3) is 0 Å². The summed E-state index contributed by atoms with van der Waals surface area (Å²) in [6.45, 7) is 1.07. The highest BCUT2D eigenvalue weighted by molar-refractivity contribution is 6.33. The Morgan fingerprint density at radius 1 is 1.24 bits per heavy atom. The van der Waals surface area contributed by atoms with Crippen molar-refractivity contribution in [2.75, 3.05) is 24.4 Å². The molecule has 3 aromatic rings. The zero-order valence-electron chi connectivity index (χ0n) is 18.2. The third kappa shape index (κ3) is 4.35. The lowest BCUT2D eigenvalue weighted by atomic mass is 9.86. The summed E-state index contributed by atoms with van der Waals surface area (Å²) >= 11 is 12.5.